The molecule has 0 spiro atoms. The second-order valence-electron chi connectivity index (χ2n) is 5.92. The molecule has 3 rings (SSSR count). The maximum atomic E-state index is 13.5. The number of nitrogens with zero attached hydrogens (tertiary/aromatic N) is 1. The van der Waals surface area contributed by atoms with Gasteiger partial charge < -0.3 is 9.67 Å². The smallest absolute Gasteiger partial charge is 0.335 e. The van der Waals surface area contributed by atoms with Gasteiger partial charge in [0, 0.05) is 23.6 Å². The average Bonchev–Trinajstić information content (AvgIpc) is 2.60. The van der Waals surface area contributed by atoms with Crippen LogP contribution in [-0.2, 0) is 16.7 Å². The lowest BCUT2D eigenvalue weighted by Crippen LogP contribution is -2.12. The number of aryl methyl sites for hydroxylation is 1. The summed E-state index contributed by atoms with van der Waals surface area (Å²) in [5, 5.41) is 9.41. The highest BCUT2D eigenvalue weighted by atomic mass is 32.2. The summed E-state index contributed by atoms with van der Waals surface area (Å²) in [4.78, 5) is 23.5. The van der Waals surface area contributed by atoms with E-state index < -0.39 is 16.1 Å². The highest BCUT2D eigenvalue weighted by Gasteiger charge is 2.12. The van der Waals surface area contributed by atoms with Crippen LogP contribution in [-0.4, -0.2) is 34.9 Å². The molecule has 2 aromatic carbocycles. The van der Waals surface area contributed by atoms with Crippen LogP contribution in [0.2, 0.25) is 0 Å². The van der Waals surface area contributed by atoms with Crippen LogP contribution < -0.4 is 5.43 Å². The van der Waals surface area contributed by atoms with Gasteiger partial charge in [0.25, 0.3) is 10.1 Å². The highest BCUT2D eigenvalue weighted by Crippen LogP contribution is 2.24. The fraction of sp³-hybridized carbons (Fsp3) is 0.158. The fourth-order valence-electron chi connectivity index (χ4n) is 2.74. The zero-order chi connectivity index (χ0) is 21.1. The molecule has 0 aliphatic carbocycles. The first-order chi connectivity index (χ1) is 13.0. The lowest BCUT2D eigenvalue weighted by molar-refractivity contribution is 0.0697. The molecule has 0 aliphatic rings. The summed E-state index contributed by atoms with van der Waals surface area (Å²) in [5.41, 5.74) is 1.62. The largest absolute Gasteiger partial charge is 0.478 e. The van der Waals surface area contributed by atoms with Gasteiger partial charge in [-0.2, -0.15) is 8.42 Å². The second-order valence-corrected chi connectivity index (χ2v) is 7.38. The normalized spacial score (nSPS) is 11.0. The van der Waals surface area contributed by atoms with Crippen molar-refractivity contribution in [1.29, 1.82) is 0 Å². The number of benzene rings is 2. The van der Waals surface area contributed by atoms with Gasteiger partial charge in [0.15, 0.2) is 5.43 Å². The number of hydrogen-bond donors (Lipinski definition) is 2. The van der Waals surface area contributed by atoms with Crippen LogP contribution in [0.3, 0.4) is 0 Å². The minimum atomic E-state index is -3.67. The molecule has 0 aliphatic heterocycles. The molecule has 0 unspecified atom stereocenters. The number of fused-ring (bicyclic) bond motifs is 1. The number of aromatic carboxylic acids is 1. The summed E-state index contributed by atoms with van der Waals surface area (Å²) in [6.07, 6.45) is 0.715. The molecule has 0 radical (unpaired) electrons. The van der Waals surface area contributed by atoms with Crippen molar-refractivity contribution < 1.29 is 27.3 Å². The summed E-state index contributed by atoms with van der Waals surface area (Å²) in [6, 6.07) is 11.9. The molecule has 0 amide bonds. The van der Waals surface area contributed by atoms with E-state index >= 15 is 0 Å². The molecular weight excluding hydrogens is 389 g/mol. The molecule has 0 saturated heterocycles. The molecule has 1 heterocycles. The first-order valence-electron chi connectivity index (χ1n) is 8.10. The monoisotopic (exact) mass is 407 g/mol. The molecule has 2 N–H and O–H groups in total. The summed E-state index contributed by atoms with van der Waals surface area (Å²) in [6.45, 7) is 2.48. The lowest BCUT2D eigenvalue weighted by atomic mass is 10.1. The van der Waals surface area contributed by atoms with Gasteiger partial charge in [-0.1, -0.05) is 12.1 Å². The first kappa shape index (κ1) is 21.3. The third-order valence-corrected chi connectivity index (χ3v) is 3.79. The molecule has 0 bridgehead atoms. The molecule has 9 heteroatoms. The average molecular weight is 407 g/mol. The molecule has 7 nitrogen and oxygen atoms in total. The predicted molar refractivity (Wildman–Crippen MR) is 104 cm³/mol. The number of halogens is 1. The minimum absolute atomic E-state index is 0.0655. The van der Waals surface area contributed by atoms with Crippen LogP contribution >= 0.6 is 0 Å². The predicted octanol–water partition coefficient (Wildman–Crippen LogP) is 3.03. The van der Waals surface area contributed by atoms with E-state index in [1.54, 1.807) is 18.2 Å². The summed E-state index contributed by atoms with van der Waals surface area (Å²) in [5.74, 6) is -1.46. The Morgan fingerprint density at radius 3 is 2.32 bits per heavy atom. The van der Waals surface area contributed by atoms with E-state index in [1.807, 2.05) is 11.5 Å². The van der Waals surface area contributed by atoms with Crippen molar-refractivity contribution in [2.45, 2.75) is 13.5 Å². The lowest BCUT2D eigenvalue weighted by Gasteiger charge is -2.15. The number of carboxylic acid groups (broad SMARTS) is 1. The van der Waals surface area contributed by atoms with Crippen molar-refractivity contribution in [3.63, 3.8) is 0 Å². The van der Waals surface area contributed by atoms with E-state index in [1.165, 1.54) is 30.3 Å². The van der Waals surface area contributed by atoms with Gasteiger partial charge in [-0.05, 0) is 37.3 Å². The van der Waals surface area contributed by atoms with Gasteiger partial charge in [-0.3, -0.25) is 9.35 Å². The number of rotatable bonds is 3. The quantitative estimate of drug-likeness (QED) is 0.645. The van der Waals surface area contributed by atoms with Gasteiger partial charge in [-0.25, -0.2) is 9.18 Å². The summed E-state index contributed by atoms with van der Waals surface area (Å²) >= 11 is 0. The second kappa shape index (κ2) is 8.32. The highest BCUT2D eigenvalue weighted by molar-refractivity contribution is 7.85. The maximum absolute atomic E-state index is 13.5. The zero-order valence-corrected chi connectivity index (χ0v) is 15.9. The Hall–Kier alpha value is -3.04. The van der Waals surface area contributed by atoms with Crippen LogP contribution in [0, 0.1) is 5.82 Å². The molecule has 0 fully saturated rings. The van der Waals surface area contributed by atoms with Crippen molar-refractivity contribution in [1.82, 2.24) is 4.57 Å². The maximum Gasteiger partial charge on any atom is 0.335 e. The number of aromatic nitrogens is 1. The molecule has 0 atom stereocenters. The number of carboxylic acids is 1. The standard InChI is InChI=1S/C18H14FNO3.CH4O3S/c1-2-20-15-7-6-12(18(22)23)9-14(15)17(21)10-16(20)11-4-3-5-13(19)8-11;1-5(2,3)4/h3-10H,2H2,1H3,(H,22,23);1H3,(H,2,3,4). The fourth-order valence-corrected chi connectivity index (χ4v) is 2.74. The van der Waals surface area contributed by atoms with Gasteiger partial charge >= 0.3 is 5.97 Å². The van der Waals surface area contributed by atoms with Crippen molar-refractivity contribution >= 4 is 27.0 Å². The molecular formula is C19H18FNO6S. The summed E-state index contributed by atoms with van der Waals surface area (Å²) in [7, 11) is -3.67. The van der Waals surface area contributed by atoms with Crippen molar-refractivity contribution in [3.8, 4) is 11.3 Å². The van der Waals surface area contributed by atoms with Crippen LogP contribution in [0.25, 0.3) is 22.2 Å². The van der Waals surface area contributed by atoms with E-state index in [2.05, 4.69) is 0 Å². The SMILES string of the molecule is CCn1c(-c2cccc(F)c2)cc(=O)c2cc(C(=O)O)ccc21.CS(=O)(=O)O. The molecule has 148 valence electrons. The van der Waals surface area contributed by atoms with Crippen LogP contribution in [0.1, 0.15) is 17.3 Å². The molecule has 3 aromatic rings. The summed E-state index contributed by atoms with van der Waals surface area (Å²) < 4.78 is 41.2. The van der Waals surface area contributed by atoms with E-state index in [0.717, 1.165) is 0 Å². The van der Waals surface area contributed by atoms with E-state index in [0.29, 0.717) is 35.0 Å². The third kappa shape index (κ3) is 5.24. The topological polar surface area (TPSA) is 114 Å². The molecule has 28 heavy (non-hydrogen) atoms. The van der Waals surface area contributed by atoms with Crippen molar-refractivity contribution in [3.05, 3.63) is 70.1 Å². The number of hydrogen-bond acceptors (Lipinski definition) is 4. The van der Waals surface area contributed by atoms with Crippen LogP contribution in [0.4, 0.5) is 4.39 Å². The van der Waals surface area contributed by atoms with E-state index in [-0.39, 0.29) is 16.8 Å². The number of carbonyl (C=O) groups is 1. The third-order valence-electron chi connectivity index (χ3n) is 3.79. The molecule has 0 saturated carbocycles. The Bertz CT molecular complexity index is 1190. The van der Waals surface area contributed by atoms with E-state index in [4.69, 9.17) is 9.66 Å². The van der Waals surface area contributed by atoms with Gasteiger partial charge in [0.2, 0.25) is 0 Å². The Morgan fingerprint density at radius 2 is 1.79 bits per heavy atom. The van der Waals surface area contributed by atoms with Crippen LogP contribution in [0.5, 0.6) is 0 Å². The Morgan fingerprint density at radius 1 is 1.14 bits per heavy atom. The van der Waals surface area contributed by atoms with Gasteiger partial charge in [0.1, 0.15) is 5.82 Å². The van der Waals surface area contributed by atoms with Crippen molar-refractivity contribution in [2.24, 2.45) is 0 Å². The zero-order valence-electron chi connectivity index (χ0n) is 15.1. The van der Waals surface area contributed by atoms with E-state index in [9.17, 15) is 22.4 Å². The van der Waals surface area contributed by atoms with Crippen LogP contribution in [0.15, 0.2) is 53.3 Å². The van der Waals surface area contributed by atoms with Gasteiger partial charge in [0.05, 0.1) is 23.0 Å². The Kier molecular flexibility index (Phi) is 6.32. The first-order valence-corrected chi connectivity index (χ1v) is 9.95. The number of pyridine rings is 1. The minimum Gasteiger partial charge on any atom is -0.478 e. The molecule has 1 aromatic heterocycles. The van der Waals surface area contributed by atoms with Crippen molar-refractivity contribution in [2.75, 3.05) is 6.26 Å². The Balaban J connectivity index is 0.000000500. The van der Waals surface area contributed by atoms with Gasteiger partial charge in [-0.15, -0.1) is 0 Å². The Labute approximate surface area is 160 Å².